The van der Waals surface area contributed by atoms with Crippen LogP contribution in [0.25, 0.3) is 0 Å². The van der Waals surface area contributed by atoms with Crippen molar-refractivity contribution < 1.29 is 9.59 Å². The van der Waals surface area contributed by atoms with Gasteiger partial charge in [-0.2, -0.15) is 5.26 Å². The van der Waals surface area contributed by atoms with Gasteiger partial charge in [-0.05, 0) is 12.8 Å². The minimum Gasteiger partial charge on any atom is -0.381 e. The van der Waals surface area contributed by atoms with Crippen molar-refractivity contribution in [1.29, 1.82) is 5.26 Å². The van der Waals surface area contributed by atoms with Gasteiger partial charge in [-0.3, -0.25) is 14.6 Å². The van der Waals surface area contributed by atoms with Crippen LogP contribution >= 0.6 is 0 Å². The SMILES string of the molecule is N#CCC(=O)N1CCC(Nc2cc(Nc3cnccn3)ncc2C(N)=O)CC1. The Hall–Kier alpha value is -3.74. The number of primary amides is 1. The third kappa shape index (κ3) is 4.70. The summed E-state index contributed by atoms with van der Waals surface area (Å²) in [5.41, 5.74) is 6.32. The summed E-state index contributed by atoms with van der Waals surface area (Å²) < 4.78 is 0. The van der Waals surface area contributed by atoms with Crippen molar-refractivity contribution in [3.05, 3.63) is 36.4 Å². The molecule has 0 bridgehead atoms. The number of amides is 2. The lowest BCUT2D eigenvalue weighted by Gasteiger charge is -2.32. The molecule has 3 heterocycles. The number of nitrogens with two attached hydrogens (primary N) is 1. The van der Waals surface area contributed by atoms with Crippen LogP contribution in [-0.4, -0.2) is 50.8 Å². The quantitative estimate of drug-likeness (QED) is 0.672. The van der Waals surface area contributed by atoms with Gasteiger partial charge in [0.25, 0.3) is 5.91 Å². The average Bonchev–Trinajstić information content (AvgIpc) is 2.69. The number of rotatable bonds is 6. The molecule has 1 fully saturated rings. The number of pyridine rings is 1. The maximum atomic E-state index is 11.8. The van der Waals surface area contributed by atoms with Gasteiger partial charge >= 0.3 is 0 Å². The monoisotopic (exact) mass is 380 g/mol. The molecule has 0 aliphatic carbocycles. The van der Waals surface area contributed by atoms with Crippen molar-refractivity contribution in [3.63, 3.8) is 0 Å². The Kier molecular flexibility index (Phi) is 5.96. The minimum atomic E-state index is -0.581. The van der Waals surface area contributed by atoms with Crippen molar-refractivity contribution >= 4 is 29.1 Å². The topological polar surface area (TPSA) is 150 Å². The molecule has 2 aromatic heterocycles. The fourth-order valence-corrected chi connectivity index (χ4v) is 3.01. The molecule has 1 saturated heterocycles. The molecule has 10 nitrogen and oxygen atoms in total. The second kappa shape index (κ2) is 8.77. The lowest BCUT2D eigenvalue weighted by molar-refractivity contribution is -0.131. The first-order valence-electron chi connectivity index (χ1n) is 8.81. The van der Waals surface area contributed by atoms with Gasteiger partial charge in [-0.25, -0.2) is 9.97 Å². The number of nitriles is 1. The molecule has 144 valence electrons. The Morgan fingerprint density at radius 3 is 2.64 bits per heavy atom. The highest BCUT2D eigenvalue weighted by Gasteiger charge is 2.23. The van der Waals surface area contributed by atoms with E-state index in [9.17, 15) is 9.59 Å². The van der Waals surface area contributed by atoms with E-state index in [1.165, 1.54) is 6.20 Å². The zero-order chi connectivity index (χ0) is 19.9. The van der Waals surface area contributed by atoms with E-state index in [1.807, 2.05) is 6.07 Å². The van der Waals surface area contributed by atoms with Crippen molar-refractivity contribution in [3.8, 4) is 6.07 Å². The fraction of sp³-hybridized carbons (Fsp3) is 0.333. The highest BCUT2D eigenvalue weighted by atomic mass is 16.2. The van der Waals surface area contributed by atoms with Crippen LogP contribution in [0.3, 0.4) is 0 Å². The van der Waals surface area contributed by atoms with Gasteiger partial charge in [0, 0.05) is 43.8 Å². The van der Waals surface area contributed by atoms with Crippen molar-refractivity contribution in [2.45, 2.75) is 25.3 Å². The van der Waals surface area contributed by atoms with Crippen LogP contribution in [0.1, 0.15) is 29.6 Å². The number of carbonyl (C=O) groups excluding carboxylic acids is 2. The third-order valence-corrected chi connectivity index (χ3v) is 4.43. The highest BCUT2D eigenvalue weighted by molar-refractivity contribution is 5.98. The lowest BCUT2D eigenvalue weighted by Crippen LogP contribution is -2.42. The summed E-state index contributed by atoms with van der Waals surface area (Å²) in [6.45, 7) is 1.11. The molecule has 1 aliphatic rings. The predicted molar refractivity (Wildman–Crippen MR) is 102 cm³/mol. The molecular weight excluding hydrogens is 360 g/mol. The number of nitrogens with one attached hydrogen (secondary N) is 2. The zero-order valence-electron chi connectivity index (χ0n) is 15.1. The van der Waals surface area contributed by atoms with Gasteiger partial charge in [0.2, 0.25) is 5.91 Å². The molecule has 28 heavy (non-hydrogen) atoms. The Balaban J connectivity index is 1.70. The minimum absolute atomic E-state index is 0.0657. The number of aromatic nitrogens is 3. The van der Waals surface area contributed by atoms with Crippen molar-refractivity contribution in [2.75, 3.05) is 23.7 Å². The first-order chi connectivity index (χ1) is 13.6. The van der Waals surface area contributed by atoms with Crippen LogP contribution in [0.15, 0.2) is 30.9 Å². The summed E-state index contributed by atoms with van der Waals surface area (Å²) in [4.78, 5) is 37.6. The lowest BCUT2D eigenvalue weighted by atomic mass is 10.0. The Labute approximate surface area is 161 Å². The van der Waals surface area contributed by atoms with Crippen LogP contribution in [-0.2, 0) is 4.79 Å². The van der Waals surface area contributed by atoms with Gasteiger partial charge in [-0.15, -0.1) is 0 Å². The Bertz CT molecular complexity index is 888. The average molecular weight is 380 g/mol. The third-order valence-electron chi connectivity index (χ3n) is 4.43. The number of nitrogens with zero attached hydrogens (tertiary/aromatic N) is 5. The van der Waals surface area contributed by atoms with Crippen LogP contribution in [0.4, 0.5) is 17.3 Å². The van der Waals surface area contributed by atoms with E-state index in [2.05, 4.69) is 25.6 Å². The molecule has 2 amide bonds. The number of piperidine rings is 1. The zero-order valence-corrected chi connectivity index (χ0v) is 15.1. The van der Waals surface area contributed by atoms with E-state index in [4.69, 9.17) is 11.0 Å². The van der Waals surface area contributed by atoms with Gasteiger partial charge in [0.15, 0.2) is 0 Å². The number of anilines is 3. The molecule has 0 radical (unpaired) electrons. The van der Waals surface area contributed by atoms with Gasteiger partial charge in [0.1, 0.15) is 18.1 Å². The summed E-state index contributed by atoms with van der Waals surface area (Å²) in [5.74, 6) is 0.285. The van der Waals surface area contributed by atoms with E-state index < -0.39 is 5.91 Å². The number of hydrogen-bond acceptors (Lipinski definition) is 8. The highest BCUT2D eigenvalue weighted by Crippen LogP contribution is 2.24. The number of likely N-dealkylation sites (tertiary alicyclic amines) is 1. The molecule has 0 saturated carbocycles. The van der Waals surface area contributed by atoms with Crippen LogP contribution in [0.5, 0.6) is 0 Å². The van der Waals surface area contributed by atoms with Crippen molar-refractivity contribution in [1.82, 2.24) is 19.9 Å². The molecular formula is C18H20N8O2. The van der Waals surface area contributed by atoms with Gasteiger partial charge in [-0.1, -0.05) is 0 Å². The molecule has 1 aliphatic heterocycles. The first kappa shape index (κ1) is 19.0. The van der Waals surface area contributed by atoms with Gasteiger partial charge < -0.3 is 21.3 Å². The standard InChI is InChI=1S/C18H20N8O2/c19-4-1-17(27)26-7-2-12(3-8-26)24-14-9-15(23-10-13(14)18(20)28)25-16-11-21-5-6-22-16/h5-6,9-12H,1-3,7-8H2,(H2,20,28)(H2,22,23,24,25). The molecule has 0 atom stereocenters. The number of carbonyl (C=O) groups is 2. The van der Waals surface area contributed by atoms with E-state index in [1.54, 1.807) is 29.6 Å². The van der Waals surface area contributed by atoms with Crippen LogP contribution in [0, 0.1) is 11.3 Å². The summed E-state index contributed by atoms with van der Waals surface area (Å²) in [6, 6.07) is 3.64. The fourth-order valence-electron chi connectivity index (χ4n) is 3.01. The first-order valence-corrected chi connectivity index (χ1v) is 8.81. The summed E-state index contributed by atoms with van der Waals surface area (Å²) in [5, 5.41) is 15.0. The molecule has 0 aromatic carbocycles. The largest absolute Gasteiger partial charge is 0.381 e. The molecule has 2 aromatic rings. The maximum Gasteiger partial charge on any atom is 0.252 e. The second-order valence-corrected chi connectivity index (χ2v) is 6.33. The molecule has 4 N–H and O–H groups in total. The molecule has 10 heteroatoms. The Morgan fingerprint density at radius 1 is 1.21 bits per heavy atom. The van der Waals surface area contributed by atoms with Crippen LogP contribution < -0.4 is 16.4 Å². The van der Waals surface area contributed by atoms with Gasteiger partial charge in [0.05, 0.1) is 23.5 Å². The normalized spacial score (nSPS) is 14.2. The van der Waals surface area contributed by atoms with Crippen molar-refractivity contribution in [2.24, 2.45) is 5.73 Å². The maximum absolute atomic E-state index is 11.8. The van der Waals surface area contributed by atoms with E-state index in [-0.39, 0.29) is 23.9 Å². The summed E-state index contributed by atoms with van der Waals surface area (Å²) in [6.07, 6.45) is 7.39. The summed E-state index contributed by atoms with van der Waals surface area (Å²) in [7, 11) is 0. The van der Waals surface area contributed by atoms with Crippen LogP contribution in [0.2, 0.25) is 0 Å². The molecule has 0 unspecified atom stereocenters. The van der Waals surface area contributed by atoms with E-state index >= 15 is 0 Å². The number of hydrogen-bond donors (Lipinski definition) is 3. The smallest absolute Gasteiger partial charge is 0.252 e. The summed E-state index contributed by atoms with van der Waals surface area (Å²) >= 11 is 0. The Morgan fingerprint density at radius 2 is 2.00 bits per heavy atom. The van der Waals surface area contributed by atoms with E-state index in [0.29, 0.717) is 43.3 Å². The second-order valence-electron chi connectivity index (χ2n) is 6.33. The molecule has 0 spiro atoms. The molecule has 3 rings (SSSR count). The van der Waals surface area contributed by atoms with E-state index in [0.717, 1.165) is 0 Å². The predicted octanol–water partition coefficient (Wildman–Crippen LogP) is 1.03.